The Labute approximate surface area is 161 Å². The van der Waals surface area contributed by atoms with E-state index in [1.165, 1.54) is 5.56 Å². The Morgan fingerprint density at radius 3 is 3.04 bits per heavy atom. The molecule has 1 aliphatic rings. The van der Waals surface area contributed by atoms with Gasteiger partial charge in [0.25, 0.3) is 0 Å². The maximum absolute atomic E-state index is 5.85. The molecule has 3 aromatic rings. The van der Waals surface area contributed by atoms with Gasteiger partial charge in [-0.2, -0.15) is 0 Å². The molecule has 26 heavy (non-hydrogen) atoms. The molecule has 7 heteroatoms. The molecule has 0 amide bonds. The number of thioether (sulfide) groups is 1. The number of ether oxygens (including phenoxy) is 2. The van der Waals surface area contributed by atoms with Gasteiger partial charge in [-0.05, 0) is 42.0 Å². The third kappa shape index (κ3) is 3.95. The Balaban J connectivity index is 1.56. The number of benzene rings is 1. The second-order valence-electron chi connectivity index (χ2n) is 6.17. The summed E-state index contributed by atoms with van der Waals surface area (Å²) >= 11 is 3.39. The second-order valence-corrected chi connectivity index (χ2v) is 8.06. The first-order chi connectivity index (χ1) is 12.8. The fourth-order valence-corrected chi connectivity index (χ4v) is 4.66. The van der Waals surface area contributed by atoms with Crippen molar-refractivity contribution in [1.82, 2.24) is 14.8 Å². The van der Waals surface area contributed by atoms with Gasteiger partial charge in [-0.15, -0.1) is 21.5 Å². The lowest BCUT2D eigenvalue weighted by Gasteiger charge is -2.14. The molecule has 1 atom stereocenters. The van der Waals surface area contributed by atoms with Crippen molar-refractivity contribution in [3.63, 3.8) is 0 Å². The summed E-state index contributed by atoms with van der Waals surface area (Å²) in [7, 11) is 1.69. The number of rotatable bonds is 7. The molecule has 5 nitrogen and oxygen atoms in total. The van der Waals surface area contributed by atoms with Crippen LogP contribution in [0.15, 0.2) is 46.9 Å². The topological polar surface area (TPSA) is 49.2 Å². The smallest absolute Gasteiger partial charge is 0.191 e. The molecule has 0 bridgehead atoms. The lowest BCUT2D eigenvalue weighted by Crippen LogP contribution is -2.16. The highest BCUT2D eigenvalue weighted by atomic mass is 32.2. The lowest BCUT2D eigenvalue weighted by molar-refractivity contribution is 0.0953. The van der Waals surface area contributed by atoms with Crippen LogP contribution in [0, 0.1) is 0 Å². The van der Waals surface area contributed by atoms with Crippen LogP contribution < -0.4 is 4.74 Å². The minimum atomic E-state index is 0.251. The Hall–Kier alpha value is -1.83. The molecule has 4 rings (SSSR count). The molecule has 1 saturated heterocycles. The number of nitrogens with zero attached hydrogens (tertiary/aromatic N) is 3. The summed E-state index contributed by atoms with van der Waals surface area (Å²) in [5.41, 5.74) is 1.21. The highest BCUT2D eigenvalue weighted by molar-refractivity contribution is 7.98. The first-order valence-corrected chi connectivity index (χ1v) is 10.5. The SMILES string of the molecule is COc1cccc(CSc2nnc(-c3cccs3)n2CC2CCCO2)c1. The van der Waals surface area contributed by atoms with Crippen molar-refractivity contribution in [2.45, 2.75) is 36.4 Å². The van der Waals surface area contributed by atoms with Gasteiger partial charge in [0.15, 0.2) is 11.0 Å². The Morgan fingerprint density at radius 1 is 1.31 bits per heavy atom. The average Bonchev–Trinajstić information content (AvgIpc) is 3.43. The van der Waals surface area contributed by atoms with Gasteiger partial charge in [0.2, 0.25) is 0 Å². The van der Waals surface area contributed by atoms with Crippen molar-refractivity contribution in [2.24, 2.45) is 0 Å². The second kappa shape index (κ2) is 8.24. The third-order valence-electron chi connectivity index (χ3n) is 4.37. The largest absolute Gasteiger partial charge is 0.497 e. The van der Waals surface area contributed by atoms with E-state index in [0.717, 1.165) is 53.4 Å². The van der Waals surface area contributed by atoms with Crippen molar-refractivity contribution in [3.8, 4) is 16.5 Å². The van der Waals surface area contributed by atoms with Gasteiger partial charge >= 0.3 is 0 Å². The zero-order chi connectivity index (χ0) is 17.8. The predicted octanol–water partition coefficient (Wildman–Crippen LogP) is 4.49. The highest BCUT2D eigenvalue weighted by Crippen LogP contribution is 2.30. The third-order valence-corrected chi connectivity index (χ3v) is 6.27. The van der Waals surface area contributed by atoms with Crippen LogP contribution in [0.1, 0.15) is 18.4 Å². The minimum Gasteiger partial charge on any atom is -0.497 e. The van der Waals surface area contributed by atoms with Crippen LogP contribution >= 0.6 is 23.1 Å². The molecule has 0 aliphatic carbocycles. The van der Waals surface area contributed by atoms with Crippen molar-refractivity contribution in [2.75, 3.05) is 13.7 Å². The van der Waals surface area contributed by atoms with E-state index in [-0.39, 0.29) is 6.10 Å². The summed E-state index contributed by atoms with van der Waals surface area (Å²) < 4.78 is 13.4. The fourth-order valence-electron chi connectivity index (χ4n) is 3.05. The summed E-state index contributed by atoms with van der Waals surface area (Å²) in [5, 5.41) is 11.9. The fraction of sp³-hybridized carbons (Fsp3) is 0.368. The maximum atomic E-state index is 5.85. The van der Waals surface area contributed by atoms with Gasteiger partial charge in [0.05, 0.1) is 24.6 Å². The average molecular weight is 388 g/mol. The van der Waals surface area contributed by atoms with Gasteiger partial charge in [-0.25, -0.2) is 0 Å². The molecule has 0 radical (unpaired) electrons. The van der Waals surface area contributed by atoms with Gasteiger partial charge in [0, 0.05) is 12.4 Å². The monoisotopic (exact) mass is 387 g/mol. The normalized spacial score (nSPS) is 16.9. The van der Waals surface area contributed by atoms with E-state index in [1.807, 2.05) is 18.2 Å². The first-order valence-electron chi connectivity index (χ1n) is 8.68. The van der Waals surface area contributed by atoms with Gasteiger partial charge in [-0.3, -0.25) is 4.57 Å². The molecule has 1 unspecified atom stereocenters. The summed E-state index contributed by atoms with van der Waals surface area (Å²) in [6, 6.07) is 12.3. The predicted molar refractivity (Wildman–Crippen MR) is 105 cm³/mol. The molecular formula is C19H21N3O2S2. The zero-order valence-corrected chi connectivity index (χ0v) is 16.3. The van der Waals surface area contributed by atoms with E-state index in [0.29, 0.717) is 0 Å². The number of methoxy groups -OCH3 is 1. The highest BCUT2D eigenvalue weighted by Gasteiger charge is 2.22. The van der Waals surface area contributed by atoms with Crippen molar-refractivity contribution >= 4 is 23.1 Å². The Bertz CT molecular complexity index is 842. The molecule has 0 saturated carbocycles. The molecule has 1 aliphatic heterocycles. The maximum Gasteiger partial charge on any atom is 0.191 e. The summed E-state index contributed by atoms with van der Waals surface area (Å²) in [6.45, 7) is 1.66. The van der Waals surface area contributed by atoms with Crippen LogP contribution in [-0.4, -0.2) is 34.6 Å². The molecule has 1 fully saturated rings. The van der Waals surface area contributed by atoms with Crippen molar-refractivity contribution in [1.29, 1.82) is 0 Å². The summed E-state index contributed by atoms with van der Waals surface area (Å²) in [4.78, 5) is 1.14. The van der Waals surface area contributed by atoms with Crippen LogP contribution in [0.25, 0.3) is 10.7 Å². The number of hydrogen-bond acceptors (Lipinski definition) is 6. The lowest BCUT2D eigenvalue weighted by atomic mass is 10.2. The van der Waals surface area contributed by atoms with Gasteiger partial charge in [-0.1, -0.05) is 30.0 Å². The number of thiophene rings is 1. The standard InChI is InChI=1S/C19H21N3O2S2/c1-23-15-6-2-5-14(11-15)13-26-19-21-20-18(17-8-4-10-25-17)22(19)12-16-7-3-9-24-16/h2,4-6,8,10-11,16H,3,7,9,12-13H2,1H3. The van der Waals surface area contributed by atoms with Crippen LogP contribution in [0.5, 0.6) is 5.75 Å². The van der Waals surface area contributed by atoms with Crippen LogP contribution in [0.4, 0.5) is 0 Å². The van der Waals surface area contributed by atoms with E-state index in [1.54, 1.807) is 30.2 Å². The molecule has 136 valence electrons. The summed E-state index contributed by atoms with van der Waals surface area (Å²) in [5.74, 6) is 2.64. The molecular weight excluding hydrogens is 366 g/mol. The molecule has 1 aromatic carbocycles. The number of aromatic nitrogens is 3. The zero-order valence-electron chi connectivity index (χ0n) is 14.6. The number of hydrogen-bond donors (Lipinski definition) is 0. The van der Waals surface area contributed by atoms with Crippen LogP contribution in [-0.2, 0) is 17.0 Å². The van der Waals surface area contributed by atoms with Crippen LogP contribution in [0.3, 0.4) is 0 Å². The van der Waals surface area contributed by atoms with E-state index in [4.69, 9.17) is 9.47 Å². The van der Waals surface area contributed by atoms with E-state index >= 15 is 0 Å². The van der Waals surface area contributed by atoms with Crippen LogP contribution in [0.2, 0.25) is 0 Å². The van der Waals surface area contributed by atoms with E-state index in [2.05, 4.69) is 38.3 Å². The summed E-state index contributed by atoms with van der Waals surface area (Å²) in [6.07, 6.45) is 2.48. The molecule has 3 heterocycles. The Morgan fingerprint density at radius 2 is 2.27 bits per heavy atom. The minimum absolute atomic E-state index is 0.251. The molecule has 2 aromatic heterocycles. The van der Waals surface area contributed by atoms with E-state index in [9.17, 15) is 0 Å². The van der Waals surface area contributed by atoms with E-state index < -0.39 is 0 Å². The molecule has 0 N–H and O–H groups in total. The first kappa shape index (κ1) is 17.6. The van der Waals surface area contributed by atoms with Crippen molar-refractivity contribution in [3.05, 3.63) is 47.3 Å². The Kier molecular flexibility index (Phi) is 5.57. The van der Waals surface area contributed by atoms with Gasteiger partial charge in [0.1, 0.15) is 5.75 Å². The van der Waals surface area contributed by atoms with Crippen molar-refractivity contribution < 1.29 is 9.47 Å². The molecule has 0 spiro atoms. The quantitative estimate of drug-likeness (QED) is 0.559. The van der Waals surface area contributed by atoms with Gasteiger partial charge < -0.3 is 9.47 Å².